The summed E-state index contributed by atoms with van der Waals surface area (Å²) in [5.41, 5.74) is -3.70. The molecule has 0 radical (unpaired) electrons. The van der Waals surface area contributed by atoms with Gasteiger partial charge in [-0.15, -0.1) is 12.3 Å². The second-order valence-corrected chi connectivity index (χ2v) is 4.96. The lowest BCUT2D eigenvalue weighted by molar-refractivity contribution is -0.143. The monoisotopic (exact) mass is 367 g/mol. The fourth-order valence-electron chi connectivity index (χ4n) is 1.87. The molecular formula is C15H11F6NO3. The molecule has 0 fully saturated rings. The summed E-state index contributed by atoms with van der Waals surface area (Å²) >= 11 is 0. The van der Waals surface area contributed by atoms with Crippen LogP contribution >= 0.6 is 0 Å². The standard InChI is InChI=1S/C15H11F6NO3/c1-2-3-11(13(24)25)22-12(23)6-8-4-9(14(16,17)18)7-10(5-8)15(19,20)21/h1,4-5,7,11H,3,6H2,(H,22,23)(H,24,25)/t11-/m1/s1. The van der Waals surface area contributed by atoms with Gasteiger partial charge in [-0.2, -0.15) is 26.3 Å². The average Bonchev–Trinajstić information content (AvgIpc) is 2.44. The molecule has 1 aromatic carbocycles. The van der Waals surface area contributed by atoms with Gasteiger partial charge in [0.15, 0.2) is 0 Å². The lowest BCUT2D eigenvalue weighted by Crippen LogP contribution is -2.41. The number of carbonyl (C=O) groups is 2. The summed E-state index contributed by atoms with van der Waals surface area (Å²) in [4.78, 5) is 22.6. The van der Waals surface area contributed by atoms with Gasteiger partial charge in [-0.05, 0) is 23.8 Å². The van der Waals surface area contributed by atoms with E-state index in [4.69, 9.17) is 11.5 Å². The van der Waals surface area contributed by atoms with Crippen molar-refractivity contribution in [3.8, 4) is 12.3 Å². The van der Waals surface area contributed by atoms with Gasteiger partial charge >= 0.3 is 18.3 Å². The molecule has 25 heavy (non-hydrogen) atoms. The van der Waals surface area contributed by atoms with E-state index in [0.717, 1.165) is 0 Å². The number of carbonyl (C=O) groups excluding carboxylic acids is 1. The zero-order valence-corrected chi connectivity index (χ0v) is 12.3. The Bertz CT molecular complexity index is 670. The zero-order chi connectivity index (χ0) is 19.4. The van der Waals surface area contributed by atoms with Crippen LogP contribution in [0.3, 0.4) is 0 Å². The molecule has 1 aromatic rings. The lowest BCUT2D eigenvalue weighted by atomic mass is 10.0. The molecular weight excluding hydrogens is 356 g/mol. The van der Waals surface area contributed by atoms with E-state index < -0.39 is 59.8 Å². The van der Waals surface area contributed by atoms with E-state index in [0.29, 0.717) is 12.1 Å². The van der Waals surface area contributed by atoms with E-state index in [-0.39, 0.29) is 6.07 Å². The third kappa shape index (κ3) is 6.02. The summed E-state index contributed by atoms with van der Waals surface area (Å²) in [5, 5.41) is 10.8. The summed E-state index contributed by atoms with van der Waals surface area (Å²) in [5.74, 6) is -0.571. The fourth-order valence-corrected chi connectivity index (χ4v) is 1.87. The Morgan fingerprint density at radius 3 is 1.92 bits per heavy atom. The number of hydrogen-bond acceptors (Lipinski definition) is 2. The molecule has 136 valence electrons. The van der Waals surface area contributed by atoms with Crippen molar-refractivity contribution in [2.45, 2.75) is 31.2 Å². The molecule has 0 aliphatic carbocycles. The van der Waals surface area contributed by atoms with Crippen molar-refractivity contribution in [2.75, 3.05) is 0 Å². The van der Waals surface area contributed by atoms with Crippen LogP contribution in [0.2, 0.25) is 0 Å². The Balaban J connectivity index is 3.10. The third-order valence-electron chi connectivity index (χ3n) is 2.97. The predicted octanol–water partition coefficient (Wildman–Crippen LogP) is 2.86. The van der Waals surface area contributed by atoms with Gasteiger partial charge in [-0.3, -0.25) is 4.79 Å². The first-order chi connectivity index (χ1) is 11.3. The maximum absolute atomic E-state index is 12.7. The van der Waals surface area contributed by atoms with Crippen molar-refractivity contribution in [2.24, 2.45) is 0 Å². The molecule has 0 unspecified atom stereocenters. The summed E-state index contributed by atoms with van der Waals surface area (Å²) in [6, 6.07) is -0.775. The van der Waals surface area contributed by atoms with Crippen LogP contribution < -0.4 is 5.32 Å². The molecule has 10 heteroatoms. The van der Waals surface area contributed by atoms with Gasteiger partial charge in [-0.1, -0.05) is 0 Å². The third-order valence-corrected chi connectivity index (χ3v) is 2.97. The van der Waals surface area contributed by atoms with Gasteiger partial charge in [0.05, 0.1) is 17.5 Å². The number of hydrogen-bond donors (Lipinski definition) is 2. The number of benzene rings is 1. The van der Waals surface area contributed by atoms with E-state index in [1.807, 2.05) is 11.2 Å². The molecule has 1 rings (SSSR count). The molecule has 0 aliphatic rings. The first kappa shape index (κ1) is 20.3. The predicted molar refractivity (Wildman–Crippen MR) is 73.2 cm³/mol. The average molecular weight is 367 g/mol. The highest BCUT2D eigenvalue weighted by molar-refractivity contribution is 5.85. The van der Waals surface area contributed by atoms with E-state index in [1.54, 1.807) is 0 Å². The number of nitrogens with one attached hydrogen (secondary N) is 1. The minimum Gasteiger partial charge on any atom is -0.480 e. The maximum atomic E-state index is 12.7. The van der Waals surface area contributed by atoms with Crippen LogP contribution in [0.15, 0.2) is 18.2 Å². The Labute approximate surface area is 137 Å². The normalized spacial score (nSPS) is 13.0. The Morgan fingerprint density at radius 1 is 1.08 bits per heavy atom. The summed E-state index contributed by atoms with van der Waals surface area (Å²) in [6.07, 6.45) is -6.43. The fraction of sp³-hybridized carbons (Fsp3) is 0.333. The molecule has 0 bridgehead atoms. The van der Waals surface area contributed by atoms with Crippen molar-refractivity contribution in [3.63, 3.8) is 0 Å². The van der Waals surface area contributed by atoms with E-state index in [2.05, 4.69) is 0 Å². The summed E-state index contributed by atoms with van der Waals surface area (Å²) in [7, 11) is 0. The lowest BCUT2D eigenvalue weighted by Gasteiger charge is -2.15. The quantitative estimate of drug-likeness (QED) is 0.621. The number of aliphatic carboxylic acids is 1. The maximum Gasteiger partial charge on any atom is 0.416 e. The zero-order valence-electron chi connectivity index (χ0n) is 12.3. The van der Waals surface area contributed by atoms with Crippen LogP contribution in [-0.2, 0) is 28.4 Å². The molecule has 0 saturated heterocycles. The van der Waals surface area contributed by atoms with Gasteiger partial charge in [0.25, 0.3) is 0 Å². The first-order valence-corrected chi connectivity index (χ1v) is 6.58. The van der Waals surface area contributed by atoms with E-state index in [9.17, 15) is 35.9 Å². The molecule has 1 amide bonds. The minimum atomic E-state index is -5.04. The smallest absolute Gasteiger partial charge is 0.416 e. The second-order valence-electron chi connectivity index (χ2n) is 4.96. The van der Waals surface area contributed by atoms with Gasteiger partial charge in [0.1, 0.15) is 6.04 Å². The van der Waals surface area contributed by atoms with E-state index >= 15 is 0 Å². The Hall–Kier alpha value is -2.70. The molecule has 4 nitrogen and oxygen atoms in total. The molecule has 0 spiro atoms. The van der Waals surface area contributed by atoms with Gasteiger partial charge < -0.3 is 10.4 Å². The highest BCUT2D eigenvalue weighted by atomic mass is 19.4. The number of carboxylic acid groups (broad SMARTS) is 1. The number of carboxylic acids is 1. The van der Waals surface area contributed by atoms with Gasteiger partial charge in [0.2, 0.25) is 5.91 Å². The highest BCUT2D eigenvalue weighted by Crippen LogP contribution is 2.36. The van der Waals surface area contributed by atoms with Crippen LogP contribution in [0.1, 0.15) is 23.1 Å². The largest absolute Gasteiger partial charge is 0.480 e. The Kier molecular flexibility index (Phi) is 6.07. The molecule has 0 aliphatic heterocycles. The highest BCUT2D eigenvalue weighted by Gasteiger charge is 2.37. The number of amides is 1. The summed E-state index contributed by atoms with van der Waals surface area (Å²) < 4.78 is 76.3. The van der Waals surface area contributed by atoms with Crippen molar-refractivity contribution >= 4 is 11.9 Å². The molecule has 0 heterocycles. The minimum absolute atomic E-state index is 0.0696. The molecule has 0 aromatic heterocycles. The van der Waals surface area contributed by atoms with Crippen molar-refractivity contribution in [1.29, 1.82) is 0 Å². The molecule has 0 saturated carbocycles. The van der Waals surface area contributed by atoms with Crippen LogP contribution in [0, 0.1) is 12.3 Å². The summed E-state index contributed by atoms with van der Waals surface area (Å²) in [6.45, 7) is 0. The molecule has 1 atom stereocenters. The van der Waals surface area contributed by atoms with Gasteiger partial charge in [-0.25, -0.2) is 4.79 Å². The number of alkyl halides is 6. The van der Waals surface area contributed by atoms with Crippen molar-refractivity contribution in [1.82, 2.24) is 5.32 Å². The SMILES string of the molecule is C#CC[C@@H](NC(=O)Cc1cc(C(F)(F)F)cc(C(F)(F)F)c1)C(=O)O. The second kappa shape index (κ2) is 7.46. The molecule has 2 N–H and O–H groups in total. The van der Waals surface area contributed by atoms with Crippen LogP contribution in [0.4, 0.5) is 26.3 Å². The van der Waals surface area contributed by atoms with Crippen molar-refractivity contribution < 1.29 is 41.0 Å². The number of terminal acetylenes is 1. The first-order valence-electron chi connectivity index (χ1n) is 6.58. The van der Waals surface area contributed by atoms with E-state index in [1.165, 1.54) is 0 Å². The number of halogens is 6. The van der Waals surface area contributed by atoms with Crippen LogP contribution in [-0.4, -0.2) is 23.0 Å². The number of rotatable bonds is 5. The Morgan fingerprint density at radius 2 is 1.56 bits per heavy atom. The topological polar surface area (TPSA) is 66.4 Å². The van der Waals surface area contributed by atoms with Crippen molar-refractivity contribution in [3.05, 3.63) is 34.9 Å². The van der Waals surface area contributed by atoms with Gasteiger partial charge in [0, 0.05) is 6.42 Å². The van der Waals surface area contributed by atoms with Crippen LogP contribution in [0.5, 0.6) is 0 Å². The van der Waals surface area contributed by atoms with Crippen LogP contribution in [0.25, 0.3) is 0 Å².